The van der Waals surface area contributed by atoms with Crippen LogP contribution in [0.1, 0.15) is 43.7 Å². The van der Waals surface area contributed by atoms with E-state index < -0.39 is 29.4 Å². The number of carbonyl (C=O) groups is 3. The van der Waals surface area contributed by atoms with Crippen molar-refractivity contribution in [1.29, 1.82) is 0 Å². The zero-order chi connectivity index (χ0) is 22.9. The van der Waals surface area contributed by atoms with E-state index in [2.05, 4.69) is 17.4 Å². The van der Waals surface area contributed by atoms with Gasteiger partial charge in [0.15, 0.2) is 0 Å². The zero-order valence-electron chi connectivity index (χ0n) is 18.3. The summed E-state index contributed by atoms with van der Waals surface area (Å²) >= 11 is 0. The molecule has 0 saturated carbocycles. The van der Waals surface area contributed by atoms with E-state index in [-0.39, 0.29) is 19.1 Å². The van der Waals surface area contributed by atoms with Crippen molar-refractivity contribution in [2.45, 2.75) is 38.6 Å². The molecular weight excluding hydrogens is 408 g/mol. The summed E-state index contributed by atoms with van der Waals surface area (Å²) in [6.07, 6.45) is 0.768. The molecule has 7 heteroatoms. The number of benzene rings is 2. The van der Waals surface area contributed by atoms with Crippen molar-refractivity contribution in [3.63, 3.8) is 0 Å². The number of likely N-dealkylation sites (tertiary alicyclic amines) is 1. The van der Waals surface area contributed by atoms with Crippen LogP contribution in [-0.4, -0.2) is 53.7 Å². The molecule has 32 heavy (non-hydrogen) atoms. The van der Waals surface area contributed by atoms with Crippen molar-refractivity contribution in [2.75, 3.05) is 19.7 Å². The van der Waals surface area contributed by atoms with Crippen LogP contribution in [0.3, 0.4) is 0 Å². The molecule has 7 nitrogen and oxygen atoms in total. The summed E-state index contributed by atoms with van der Waals surface area (Å²) in [4.78, 5) is 38.1. The Morgan fingerprint density at radius 1 is 1.06 bits per heavy atom. The Kier molecular flexibility index (Phi) is 5.91. The smallest absolute Gasteiger partial charge is 0.407 e. The number of aliphatic carboxylic acids is 1. The second kappa shape index (κ2) is 8.65. The van der Waals surface area contributed by atoms with Crippen LogP contribution >= 0.6 is 0 Å². The van der Waals surface area contributed by atoms with E-state index in [0.717, 1.165) is 35.1 Å². The van der Waals surface area contributed by atoms with Crippen LogP contribution in [0.25, 0.3) is 11.1 Å². The lowest BCUT2D eigenvalue weighted by molar-refractivity contribution is -0.158. The molecule has 2 aliphatic rings. The van der Waals surface area contributed by atoms with Gasteiger partial charge in [-0.2, -0.15) is 0 Å². The monoisotopic (exact) mass is 436 g/mol. The van der Waals surface area contributed by atoms with Gasteiger partial charge >= 0.3 is 12.1 Å². The molecule has 0 bridgehead atoms. The molecule has 168 valence electrons. The lowest BCUT2D eigenvalue weighted by atomic mass is 9.76. The lowest BCUT2D eigenvalue weighted by Gasteiger charge is -2.44. The first-order valence-corrected chi connectivity index (χ1v) is 10.9. The van der Waals surface area contributed by atoms with Crippen molar-refractivity contribution in [3.05, 3.63) is 59.7 Å². The highest BCUT2D eigenvalue weighted by molar-refractivity contribution is 5.87. The Labute approximate surface area is 187 Å². The molecule has 1 saturated heterocycles. The average Bonchev–Trinajstić information content (AvgIpc) is 3.08. The normalized spacial score (nSPS) is 19.1. The van der Waals surface area contributed by atoms with E-state index in [1.54, 1.807) is 0 Å². The van der Waals surface area contributed by atoms with Crippen molar-refractivity contribution in [2.24, 2.45) is 5.41 Å². The first-order chi connectivity index (χ1) is 15.3. The van der Waals surface area contributed by atoms with Crippen LogP contribution in [0.15, 0.2) is 48.5 Å². The summed E-state index contributed by atoms with van der Waals surface area (Å²) in [5, 5.41) is 12.1. The molecule has 1 atom stereocenters. The second-order valence-electron chi connectivity index (χ2n) is 9.10. The minimum Gasteiger partial charge on any atom is -0.480 e. The summed E-state index contributed by atoms with van der Waals surface area (Å²) in [6, 6.07) is 15.2. The number of hydrogen-bond acceptors (Lipinski definition) is 4. The van der Waals surface area contributed by atoms with E-state index in [1.165, 1.54) is 4.90 Å². The molecule has 1 heterocycles. The predicted octanol–water partition coefficient (Wildman–Crippen LogP) is 3.63. The average molecular weight is 437 g/mol. The number of amides is 2. The number of fused-ring (bicyclic) bond motifs is 3. The fourth-order valence-electron chi connectivity index (χ4n) is 5.03. The van der Waals surface area contributed by atoms with Crippen molar-refractivity contribution >= 4 is 18.0 Å². The van der Waals surface area contributed by atoms with Crippen LogP contribution in [-0.2, 0) is 14.3 Å². The first kappa shape index (κ1) is 21.9. The van der Waals surface area contributed by atoms with Crippen LogP contribution in [0.5, 0.6) is 0 Å². The van der Waals surface area contributed by atoms with Gasteiger partial charge in [-0.15, -0.1) is 0 Å². The minimum atomic E-state index is -1.02. The number of hydrogen-bond donors (Lipinski definition) is 2. The largest absolute Gasteiger partial charge is 0.480 e. The quantitative estimate of drug-likeness (QED) is 0.746. The summed E-state index contributed by atoms with van der Waals surface area (Å²) in [6.45, 7) is 3.93. The summed E-state index contributed by atoms with van der Waals surface area (Å²) < 4.78 is 5.46. The molecule has 0 aromatic heterocycles. The van der Waals surface area contributed by atoms with Gasteiger partial charge in [0.25, 0.3) is 0 Å². The summed E-state index contributed by atoms with van der Waals surface area (Å²) in [7, 11) is 0. The number of ether oxygens (including phenoxy) is 1. The fourth-order valence-corrected chi connectivity index (χ4v) is 5.03. The van der Waals surface area contributed by atoms with Crippen LogP contribution in [0.2, 0.25) is 0 Å². The van der Waals surface area contributed by atoms with Gasteiger partial charge in [0.05, 0.1) is 0 Å². The van der Waals surface area contributed by atoms with Gasteiger partial charge in [-0.3, -0.25) is 4.79 Å². The molecule has 4 rings (SSSR count). The SMILES string of the molecule is CC1(C)CCCN(C(=O)CNC(=O)OCC2c3ccccc3-c3ccccc32)C1C(=O)O. The molecule has 2 amide bonds. The molecule has 1 unspecified atom stereocenters. The van der Waals surface area contributed by atoms with E-state index >= 15 is 0 Å². The summed E-state index contributed by atoms with van der Waals surface area (Å²) in [5.41, 5.74) is 3.97. The number of rotatable bonds is 5. The maximum absolute atomic E-state index is 12.7. The lowest BCUT2D eigenvalue weighted by Crippen LogP contribution is -2.58. The van der Waals surface area contributed by atoms with Crippen molar-refractivity contribution in [3.8, 4) is 11.1 Å². The third kappa shape index (κ3) is 4.07. The van der Waals surface area contributed by atoms with Gasteiger partial charge in [0.2, 0.25) is 5.91 Å². The van der Waals surface area contributed by atoms with Gasteiger partial charge in [-0.1, -0.05) is 62.4 Å². The topological polar surface area (TPSA) is 95.9 Å². The second-order valence-corrected chi connectivity index (χ2v) is 9.10. The number of alkyl carbamates (subject to hydrolysis) is 1. The Morgan fingerprint density at radius 3 is 2.25 bits per heavy atom. The maximum Gasteiger partial charge on any atom is 0.407 e. The van der Waals surface area contributed by atoms with Crippen molar-refractivity contribution < 1.29 is 24.2 Å². The highest BCUT2D eigenvalue weighted by atomic mass is 16.5. The third-order valence-electron chi connectivity index (χ3n) is 6.55. The highest BCUT2D eigenvalue weighted by Gasteiger charge is 2.44. The first-order valence-electron chi connectivity index (χ1n) is 10.9. The number of nitrogens with zero attached hydrogens (tertiary/aromatic N) is 1. The van der Waals surface area contributed by atoms with Gasteiger partial charge < -0.3 is 20.1 Å². The minimum absolute atomic E-state index is 0.0665. The van der Waals surface area contributed by atoms with E-state index in [4.69, 9.17) is 4.74 Å². The maximum atomic E-state index is 12.7. The van der Waals surface area contributed by atoms with Gasteiger partial charge in [0.1, 0.15) is 19.2 Å². The number of nitrogens with one attached hydrogen (secondary N) is 1. The van der Waals surface area contributed by atoms with Crippen molar-refractivity contribution in [1.82, 2.24) is 10.2 Å². The van der Waals surface area contributed by atoms with E-state index in [0.29, 0.717) is 6.54 Å². The molecule has 1 fully saturated rings. The van der Waals surface area contributed by atoms with Crippen LogP contribution in [0, 0.1) is 5.41 Å². The molecule has 1 aliphatic heterocycles. The molecule has 0 spiro atoms. The van der Waals surface area contributed by atoms with Gasteiger partial charge in [0, 0.05) is 12.5 Å². The standard InChI is InChI=1S/C25H28N2O5/c1-25(2)12-7-13-27(22(25)23(29)30)21(28)14-26-24(31)32-15-20-18-10-5-3-8-16(18)17-9-4-6-11-19(17)20/h3-6,8-11,20,22H,7,12-15H2,1-2H3,(H,26,31)(H,29,30). The summed E-state index contributed by atoms with van der Waals surface area (Å²) in [5.74, 6) is -1.51. The number of carboxylic acids is 1. The zero-order valence-corrected chi connectivity index (χ0v) is 18.3. The highest BCUT2D eigenvalue weighted by Crippen LogP contribution is 2.44. The van der Waals surface area contributed by atoms with Gasteiger partial charge in [-0.05, 0) is 40.5 Å². The van der Waals surface area contributed by atoms with Crippen LogP contribution in [0.4, 0.5) is 4.79 Å². The number of piperidine rings is 1. The van der Waals surface area contributed by atoms with E-state index in [1.807, 2.05) is 50.2 Å². The number of carboxylic acid groups (broad SMARTS) is 1. The Hall–Kier alpha value is -3.35. The molecule has 2 aromatic rings. The molecule has 2 aromatic carbocycles. The molecule has 0 radical (unpaired) electrons. The molecular formula is C25H28N2O5. The Balaban J connectivity index is 1.36. The number of carbonyl (C=O) groups excluding carboxylic acids is 2. The fraction of sp³-hybridized carbons (Fsp3) is 0.400. The Bertz CT molecular complexity index is 1000. The third-order valence-corrected chi connectivity index (χ3v) is 6.55. The predicted molar refractivity (Wildman–Crippen MR) is 119 cm³/mol. The Morgan fingerprint density at radius 2 is 1.66 bits per heavy atom. The van der Waals surface area contributed by atoms with Gasteiger partial charge in [-0.25, -0.2) is 9.59 Å². The van der Waals surface area contributed by atoms with Crippen LogP contribution < -0.4 is 5.32 Å². The molecule has 1 aliphatic carbocycles. The molecule has 2 N–H and O–H groups in total. The van der Waals surface area contributed by atoms with E-state index in [9.17, 15) is 19.5 Å².